The highest BCUT2D eigenvalue weighted by Crippen LogP contribution is 2.37. The van der Waals surface area contributed by atoms with E-state index in [1.165, 1.54) is 10.4 Å². The van der Waals surface area contributed by atoms with Crippen LogP contribution in [-0.4, -0.2) is 38.8 Å². The highest BCUT2D eigenvalue weighted by molar-refractivity contribution is 6.99. The van der Waals surface area contributed by atoms with Gasteiger partial charge in [0.05, 0.1) is 18.8 Å². The molecule has 1 heterocycles. The van der Waals surface area contributed by atoms with Gasteiger partial charge < -0.3 is 14.3 Å². The van der Waals surface area contributed by atoms with Crippen molar-refractivity contribution >= 4 is 18.7 Å². The number of hydrogen-bond acceptors (Lipinski definition) is 3. The molecule has 29 heavy (non-hydrogen) atoms. The summed E-state index contributed by atoms with van der Waals surface area (Å²) >= 11 is 0. The molecule has 0 saturated carbocycles. The summed E-state index contributed by atoms with van der Waals surface area (Å²) in [6, 6.07) is 21.5. The molecule has 1 N–H and O–H groups in total. The normalized spacial score (nSPS) is 23.1. The predicted molar refractivity (Wildman–Crippen MR) is 122 cm³/mol. The second-order valence-electron chi connectivity index (χ2n) is 9.33. The van der Waals surface area contributed by atoms with E-state index in [1.807, 2.05) is 0 Å². The summed E-state index contributed by atoms with van der Waals surface area (Å²) in [6.45, 7) is 9.95. The van der Waals surface area contributed by atoms with Gasteiger partial charge in [0.15, 0.2) is 0 Å². The van der Waals surface area contributed by atoms with Gasteiger partial charge in [0.2, 0.25) is 0 Å². The fraction of sp³-hybridized carbons (Fsp3) is 0.520. The lowest BCUT2D eigenvalue weighted by molar-refractivity contribution is -0.103. The van der Waals surface area contributed by atoms with Gasteiger partial charge in [-0.25, -0.2) is 0 Å². The first-order valence-electron chi connectivity index (χ1n) is 10.9. The van der Waals surface area contributed by atoms with E-state index in [2.05, 4.69) is 88.4 Å². The van der Waals surface area contributed by atoms with Crippen LogP contribution in [0.1, 0.15) is 47.0 Å². The Morgan fingerprint density at radius 1 is 0.966 bits per heavy atom. The van der Waals surface area contributed by atoms with Crippen molar-refractivity contribution in [3.05, 3.63) is 60.7 Å². The van der Waals surface area contributed by atoms with E-state index >= 15 is 0 Å². The van der Waals surface area contributed by atoms with Crippen LogP contribution in [0.3, 0.4) is 0 Å². The molecular formula is C25H36O3Si. The van der Waals surface area contributed by atoms with E-state index < -0.39 is 8.32 Å². The van der Waals surface area contributed by atoms with Crippen molar-refractivity contribution in [3.63, 3.8) is 0 Å². The molecule has 2 aromatic carbocycles. The molecule has 0 unspecified atom stereocenters. The third kappa shape index (κ3) is 4.83. The molecule has 1 aliphatic rings. The maximum atomic E-state index is 9.50. The van der Waals surface area contributed by atoms with Crippen molar-refractivity contribution in [2.24, 2.45) is 5.92 Å². The molecule has 0 radical (unpaired) electrons. The molecule has 0 aromatic heterocycles. The van der Waals surface area contributed by atoms with Crippen LogP contribution >= 0.6 is 0 Å². The van der Waals surface area contributed by atoms with E-state index in [9.17, 15) is 5.11 Å². The second-order valence-corrected chi connectivity index (χ2v) is 13.6. The summed E-state index contributed by atoms with van der Waals surface area (Å²) in [5.74, 6) is 0.501. The van der Waals surface area contributed by atoms with Crippen LogP contribution in [-0.2, 0) is 9.16 Å². The van der Waals surface area contributed by atoms with Crippen molar-refractivity contribution in [1.29, 1.82) is 0 Å². The molecule has 4 heteroatoms. The Morgan fingerprint density at radius 2 is 1.52 bits per heavy atom. The van der Waals surface area contributed by atoms with Crippen molar-refractivity contribution in [3.8, 4) is 0 Å². The number of ether oxygens (including phenoxy) is 1. The van der Waals surface area contributed by atoms with Gasteiger partial charge in [0.25, 0.3) is 8.32 Å². The van der Waals surface area contributed by atoms with Gasteiger partial charge in [0.1, 0.15) is 0 Å². The number of aliphatic hydroxyl groups is 1. The predicted octanol–water partition coefficient (Wildman–Crippen LogP) is 4.13. The van der Waals surface area contributed by atoms with Gasteiger partial charge in [-0.15, -0.1) is 0 Å². The van der Waals surface area contributed by atoms with Gasteiger partial charge in [-0.1, -0.05) is 88.4 Å². The van der Waals surface area contributed by atoms with Crippen LogP contribution in [0.2, 0.25) is 5.04 Å². The average Bonchev–Trinajstić information content (AvgIpc) is 2.73. The van der Waals surface area contributed by atoms with Gasteiger partial charge in [-0.2, -0.15) is 0 Å². The van der Waals surface area contributed by atoms with Crippen molar-refractivity contribution in [2.75, 3.05) is 13.2 Å². The maximum Gasteiger partial charge on any atom is 0.261 e. The Morgan fingerprint density at radius 3 is 2.00 bits per heavy atom. The molecule has 0 spiro atoms. The highest BCUT2D eigenvalue weighted by atomic mass is 28.4. The van der Waals surface area contributed by atoms with Gasteiger partial charge in [0, 0.05) is 6.61 Å². The summed E-state index contributed by atoms with van der Waals surface area (Å²) in [4.78, 5) is 0. The summed E-state index contributed by atoms with van der Waals surface area (Å²) in [7, 11) is -2.49. The zero-order chi connectivity index (χ0) is 20.9. The smallest absolute Gasteiger partial charge is 0.261 e. The Balaban J connectivity index is 1.88. The molecule has 3 nitrogen and oxygen atoms in total. The molecule has 3 rings (SSSR count). The molecule has 1 fully saturated rings. The topological polar surface area (TPSA) is 38.7 Å². The Bertz CT molecular complexity index is 702. The molecule has 0 amide bonds. The lowest BCUT2D eigenvalue weighted by atomic mass is 9.92. The van der Waals surface area contributed by atoms with Crippen LogP contribution in [0.15, 0.2) is 60.7 Å². The van der Waals surface area contributed by atoms with E-state index in [-0.39, 0.29) is 23.9 Å². The van der Waals surface area contributed by atoms with Crippen LogP contribution in [0.4, 0.5) is 0 Å². The summed E-state index contributed by atoms with van der Waals surface area (Å²) in [6.07, 6.45) is 3.05. The largest absolute Gasteiger partial charge is 0.407 e. The Hall–Kier alpha value is -1.46. The SMILES string of the molecule is C[C@@H]1CC[C@@H](CO)O[C@H]1CCO[Si](c1ccccc1)(c1ccccc1)C(C)(C)C. The number of hydrogen-bond donors (Lipinski definition) is 1. The minimum atomic E-state index is -2.49. The monoisotopic (exact) mass is 412 g/mol. The van der Waals surface area contributed by atoms with E-state index in [1.54, 1.807) is 0 Å². The molecule has 1 aliphatic heterocycles. The summed E-state index contributed by atoms with van der Waals surface area (Å²) in [5, 5.41) is 12.1. The van der Waals surface area contributed by atoms with Crippen LogP contribution in [0.5, 0.6) is 0 Å². The molecular weight excluding hydrogens is 376 g/mol. The van der Waals surface area contributed by atoms with Crippen LogP contribution in [0.25, 0.3) is 0 Å². The van der Waals surface area contributed by atoms with Crippen molar-refractivity contribution in [1.82, 2.24) is 0 Å². The van der Waals surface area contributed by atoms with Crippen LogP contribution < -0.4 is 10.4 Å². The third-order valence-corrected chi connectivity index (χ3v) is 11.3. The molecule has 2 aromatic rings. The van der Waals surface area contributed by atoms with Gasteiger partial charge in [-0.05, 0) is 40.6 Å². The van der Waals surface area contributed by atoms with Gasteiger partial charge in [-0.3, -0.25) is 0 Å². The quantitative estimate of drug-likeness (QED) is 0.695. The fourth-order valence-corrected chi connectivity index (χ4v) is 9.24. The minimum absolute atomic E-state index is 0.0115. The van der Waals surface area contributed by atoms with Crippen molar-refractivity contribution in [2.45, 2.75) is 64.2 Å². The first-order valence-corrected chi connectivity index (χ1v) is 12.8. The third-order valence-electron chi connectivity index (χ3n) is 6.29. The van der Waals surface area contributed by atoms with E-state index in [0.717, 1.165) is 19.3 Å². The average molecular weight is 413 g/mol. The first kappa shape index (κ1) is 22.2. The Kier molecular flexibility index (Phi) is 7.33. The lowest BCUT2D eigenvalue weighted by Crippen LogP contribution is -2.66. The Labute approximate surface area is 177 Å². The summed E-state index contributed by atoms with van der Waals surface area (Å²) < 4.78 is 13.1. The van der Waals surface area contributed by atoms with Gasteiger partial charge >= 0.3 is 0 Å². The lowest BCUT2D eigenvalue weighted by Gasteiger charge is -2.43. The molecule has 158 valence electrons. The highest BCUT2D eigenvalue weighted by Gasteiger charge is 2.50. The molecule has 0 bridgehead atoms. The zero-order valence-corrected chi connectivity index (χ0v) is 19.3. The number of rotatable bonds is 7. The molecule has 3 atom stereocenters. The van der Waals surface area contributed by atoms with Crippen LogP contribution in [0, 0.1) is 5.92 Å². The molecule has 0 aliphatic carbocycles. The van der Waals surface area contributed by atoms with E-state index in [0.29, 0.717) is 12.5 Å². The van der Waals surface area contributed by atoms with Crippen molar-refractivity contribution < 1.29 is 14.3 Å². The number of aliphatic hydroxyl groups excluding tert-OH is 1. The van der Waals surface area contributed by atoms with E-state index in [4.69, 9.17) is 9.16 Å². The minimum Gasteiger partial charge on any atom is -0.407 e. The summed E-state index contributed by atoms with van der Waals surface area (Å²) in [5.41, 5.74) is 0. The second kappa shape index (κ2) is 9.56. The standard InChI is InChI=1S/C25H36O3Si/c1-20-15-16-21(19-26)28-24(20)17-18-27-29(25(2,3)4,22-11-7-5-8-12-22)23-13-9-6-10-14-23/h5-14,20-21,24,26H,15-19H2,1-4H3/t20-,21+,24+/m1/s1. The number of benzene rings is 2. The first-order chi connectivity index (χ1) is 13.9. The fourth-order valence-electron chi connectivity index (χ4n) is 4.66. The zero-order valence-electron chi connectivity index (χ0n) is 18.3. The molecule has 1 saturated heterocycles. The maximum absolute atomic E-state index is 9.50.